The molecule has 0 saturated carbocycles. The summed E-state index contributed by atoms with van der Waals surface area (Å²) < 4.78 is 35.1. The number of benzene rings is 4. The lowest BCUT2D eigenvalue weighted by molar-refractivity contribution is -0.140. The quantitative estimate of drug-likeness (QED) is 0.172. The van der Waals surface area contributed by atoms with Gasteiger partial charge in [-0.05, 0) is 54.3 Å². The zero-order valence-electron chi connectivity index (χ0n) is 26.5. The van der Waals surface area contributed by atoms with Crippen LogP contribution >= 0.6 is 11.6 Å². The summed E-state index contributed by atoms with van der Waals surface area (Å²) in [6.07, 6.45) is 0.231. The van der Waals surface area contributed by atoms with Crippen molar-refractivity contribution >= 4 is 39.1 Å². The number of sulfonamides is 1. The normalized spacial score (nSPS) is 12.0. The number of anilines is 1. The Balaban J connectivity index is 1.83. The van der Waals surface area contributed by atoms with Crippen LogP contribution in [0.5, 0.6) is 5.75 Å². The number of halogens is 1. The third kappa shape index (κ3) is 8.89. The van der Waals surface area contributed by atoms with Gasteiger partial charge in [-0.25, -0.2) is 8.42 Å². The van der Waals surface area contributed by atoms with Crippen LogP contribution in [-0.4, -0.2) is 51.4 Å². The van der Waals surface area contributed by atoms with Gasteiger partial charge in [-0.3, -0.25) is 13.9 Å². The molecule has 0 saturated heterocycles. The van der Waals surface area contributed by atoms with Crippen LogP contribution in [0.25, 0.3) is 0 Å². The van der Waals surface area contributed by atoms with E-state index in [0.29, 0.717) is 6.54 Å². The van der Waals surface area contributed by atoms with Crippen LogP contribution in [0.2, 0.25) is 5.02 Å². The fraction of sp³-hybridized carbons (Fsp3) is 0.278. The molecule has 0 bridgehead atoms. The summed E-state index contributed by atoms with van der Waals surface area (Å²) in [5.41, 5.74) is 2.64. The molecular formula is C36H40ClN3O5S. The molecule has 0 aliphatic rings. The molecule has 1 N–H and O–H groups in total. The lowest BCUT2D eigenvalue weighted by atomic mass is 10.0. The SMILES string of the molecule is COc1ccc(Cl)cc1N(CC(=O)N(Cc1ccccc1)C(Cc1ccccc1)C(=O)NCC(C)C)S(=O)(=O)c1ccc(C)cc1. The maximum absolute atomic E-state index is 14.6. The van der Waals surface area contributed by atoms with Crippen LogP contribution < -0.4 is 14.4 Å². The largest absolute Gasteiger partial charge is 0.495 e. The number of hydrogen-bond acceptors (Lipinski definition) is 5. The number of carbonyl (C=O) groups is 2. The molecule has 0 heterocycles. The third-order valence-corrected chi connectivity index (χ3v) is 9.46. The number of nitrogens with one attached hydrogen (secondary N) is 1. The monoisotopic (exact) mass is 661 g/mol. The van der Waals surface area contributed by atoms with E-state index in [2.05, 4.69) is 5.32 Å². The number of amides is 2. The fourth-order valence-electron chi connectivity index (χ4n) is 4.97. The van der Waals surface area contributed by atoms with Gasteiger partial charge in [-0.2, -0.15) is 0 Å². The average Bonchev–Trinajstić information content (AvgIpc) is 3.05. The smallest absolute Gasteiger partial charge is 0.264 e. The molecule has 46 heavy (non-hydrogen) atoms. The maximum atomic E-state index is 14.6. The minimum atomic E-state index is -4.30. The number of carbonyl (C=O) groups excluding carboxylic acids is 2. The molecule has 1 unspecified atom stereocenters. The van der Waals surface area contributed by atoms with Crippen molar-refractivity contribution in [1.82, 2.24) is 10.2 Å². The van der Waals surface area contributed by atoms with Crippen molar-refractivity contribution in [3.8, 4) is 5.75 Å². The number of ether oxygens (including phenoxy) is 1. The Morgan fingerprint density at radius 1 is 0.870 bits per heavy atom. The molecular weight excluding hydrogens is 622 g/mol. The number of rotatable bonds is 14. The first-order chi connectivity index (χ1) is 22.0. The summed E-state index contributed by atoms with van der Waals surface area (Å²) in [7, 11) is -2.88. The predicted molar refractivity (Wildman–Crippen MR) is 182 cm³/mol. The van der Waals surface area contributed by atoms with E-state index in [1.54, 1.807) is 24.3 Å². The molecule has 242 valence electrons. The maximum Gasteiger partial charge on any atom is 0.264 e. The molecule has 4 rings (SSSR count). The van der Waals surface area contributed by atoms with Gasteiger partial charge in [0.2, 0.25) is 11.8 Å². The van der Waals surface area contributed by atoms with Gasteiger partial charge in [0.15, 0.2) is 0 Å². The summed E-state index contributed by atoms with van der Waals surface area (Å²) in [5.74, 6) is -0.486. The van der Waals surface area contributed by atoms with Crippen molar-refractivity contribution in [2.24, 2.45) is 5.92 Å². The van der Waals surface area contributed by atoms with Gasteiger partial charge in [0.05, 0.1) is 17.7 Å². The van der Waals surface area contributed by atoms with E-state index >= 15 is 0 Å². The molecule has 0 aliphatic carbocycles. The molecule has 0 spiro atoms. The van der Waals surface area contributed by atoms with Gasteiger partial charge >= 0.3 is 0 Å². The molecule has 1 atom stereocenters. The molecule has 4 aromatic rings. The van der Waals surface area contributed by atoms with Crippen LogP contribution in [0.4, 0.5) is 5.69 Å². The van der Waals surface area contributed by atoms with Crippen molar-refractivity contribution in [2.45, 2.75) is 44.7 Å². The number of aryl methyl sites for hydroxylation is 1. The van der Waals surface area contributed by atoms with E-state index in [1.165, 1.54) is 30.2 Å². The number of hydrogen-bond donors (Lipinski definition) is 1. The van der Waals surface area contributed by atoms with Crippen molar-refractivity contribution in [3.63, 3.8) is 0 Å². The summed E-state index contributed by atoms with van der Waals surface area (Å²) in [4.78, 5) is 29.9. The van der Waals surface area contributed by atoms with Crippen LogP contribution in [0.3, 0.4) is 0 Å². The zero-order chi connectivity index (χ0) is 33.3. The highest BCUT2D eigenvalue weighted by atomic mass is 35.5. The predicted octanol–water partition coefficient (Wildman–Crippen LogP) is 6.26. The van der Waals surface area contributed by atoms with Crippen molar-refractivity contribution < 1.29 is 22.7 Å². The van der Waals surface area contributed by atoms with Gasteiger partial charge in [-0.1, -0.05) is 104 Å². The van der Waals surface area contributed by atoms with E-state index < -0.39 is 28.5 Å². The second-order valence-corrected chi connectivity index (χ2v) is 13.8. The fourth-order valence-corrected chi connectivity index (χ4v) is 6.55. The first-order valence-electron chi connectivity index (χ1n) is 15.1. The topological polar surface area (TPSA) is 96.0 Å². The molecule has 0 aliphatic heterocycles. The first-order valence-corrected chi connectivity index (χ1v) is 16.9. The lowest BCUT2D eigenvalue weighted by Crippen LogP contribution is -2.53. The first kappa shape index (κ1) is 34.5. The van der Waals surface area contributed by atoms with Gasteiger partial charge in [0.1, 0.15) is 18.3 Å². The van der Waals surface area contributed by atoms with Gasteiger partial charge < -0.3 is 15.0 Å². The lowest BCUT2D eigenvalue weighted by Gasteiger charge is -2.34. The minimum absolute atomic E-state index is 0.00181. The highest BCUT2D eigenvalue weighted by Gasteiger charge is 2.35. The molecule has 8 nitrogen and oxygen atoms in total. The van der Waals surface area contributed by atoms with Crippen LogP contribution in [0, 0.1) is 12.8 Å². The highest BCUT2D eigenvalue weighted by Crippen LogP contribution is 2.35. The number of nitrogens with zero attached hydrogens (tertiary/aromatic N) is 2. The van der Waals surface area contributed by atoms with Crippen LogP contribution in [0.1, 0.15) is 30.5 Å². The Morgan fingerprint density at radius 2 is 1.48 bits per heavy atom. The van der Waals surface area contributed by atoms with E-state index in [4.69, 9.17) is 16.3 Å². The van der Waals surface area contributed by atoms with E-state index in [1.807, 2.05) is 81.4 Å². The summed E-state index contributed by atoms with van der Waals surface area (Å²) in [5, 5.41) is 3.26. The van der Waals surface area contributed by atoms with Gasteiger partial charge in [0.25, 0.3) is 10.0 Å². The zero-order valence-corrected chi connectivity index (χ0v) is 28.1. The Labute approximate surface area is 277 Å². The van der Waals surface area contributed by atoms with Gasteiger partial charge in [-0.15, -0.1) is 0 Å². The van der Waals surface area contributed by atoms with E-state index in [-0.39, 0.29) is 46.1 Å². The summed E-state index contributed by atoms with van der Waals surface area (Å²) >= 11 is 6.36. The second kappa shape index (κ2) is 15.8. The molecule has 0 aromatic heterocycles. The molecule has 2 amide bonds. The van der Waals surface area contributed by atoms with Crippen molar-refractivity contribution in [1.29, 1.82) is 0 Å². The van der Waals surface area contributed by atoms with E-state index in [9.17, 15) is 18.0 Å². The highest BCUT2D eigenvalue weighted by molar-refractivity contribution is 7.92. The third-order valence-electron chi connectivity index (χ3n) is 7.45. The molecule has 4 aromatic carbocycles. The Hall–Kier alpha value is -4.34. The Bertz CT molecular complexity index is 1720. The average molecular weight is 662 g/mol. The number of methoxy groups -OCH3 is 1. The Morgan fingerprint density at radius 3 is 2.07 bits per heavy atom. The van der Waals surface area contributed by atoms with Crippen molar-refractivity contribution in [3.05, 3.63) is 125 Å². The standard InChI is InChI=1S/C36H40ClN3O5S/c1-26(2)23-38-36(42)33(21-28-11-7-5-8-12-28)39(24-29-13-9-6-10-14-29)35(41)25-40(32-22-30(37)17-20-34(32)45-4)46(43,44)31-18-15-27(3)16-19-31/h5-20,22,26,33H,21,23-25H2,1-4H3,(H,38,42). The summed E-state index contributed by atoms with van der Waals surface area (Å²) in [6, 6.07) is 28.8. The van der Waals surface area contributed by atoms with Crippen LogP contribution in [-0.2, 0) is 32.6 Å². The van der Waals surface area contributed by atoms with E-state index in [0.717, 1.165) is 21.0 Å². The van der Waals surface area contributed by atoms with Gasteiger partial charge in [0, 0.05) is 24.5 Å². The molecule has 0 fully saturated rings. The minimum Gasteiger partial charge on any atom is -0.495 e. The Kier molecular flexibility index (Phi) is 11.8. The molecule has 0 radical (unpaired) electrons. The van der Waals surface area contributed by atoms with Crippen LogP contribution in [0.15, 0.2) is 108 Å². The second-order valence-electron chi connectivity index (χ2n) is 11.5. The summed E-state index contributed by atoms with van der Waals surface area (Å²) in [6.45, 7) is 5.73. The molecule has 10 heteroatoms. The van der Waals surface area contributed by atoms with Crippen molar-refractivity contribution in [2.75, 3.05) is 24.5 Å².